The van der Waals surface area contributed by atoms with Gasteiger partial charge in [0.05, 0.1) is 0 Å². The van der Waals surface area contributed by atoms with Crippen LogP contribution in [0.2, 0.25) is 0 Å². The highest BCUT2D eigenvalue weighted by Crippen LogP contribution is 2.11. The molecular weight excluding hydrogens is 262 g/mol. The van der Waals surface area contributed by atoms with Gasteiger partial charge in [-0.3, -0.25) is 5.10 Å². The third-order valence-electron chi connectivity index (χ3n) is 3.16. The molecular formula is C17H25N3O. The number of aromatic amines is 1. The van der Waals surface area contributed by atoms with E-state index >= 15 is 0 Å². The summed E-state index contributed by atoms with van der Waals surface area (Å²) in [6, 6.07) is 10.5. The van der Waals surface area contributed by atoms with E-state index in [9.17, 15) is 0 Å². The molecule has 0 amide bonds. The van der Waals surface area contributed by atoms with Crippen molar-refractivity contribution in [3.05, 3.63) is 47.2 Å². The van der Waals surface area contributed by atoms with E-state index in [0.29, 0.717) is 12.5 Å². The van der Waals surface area contributed by atoms with Crippen LogP contribution in [0.25, 0.3) is 0 Å². The molecule has 0 saturated heterocycles. The fourth-order valence-corrected chi connectivity index (χ4v) is 2.01. The quantitative estimate of drug-likeness (QED) is 0.857. The lowest BCUT2D eigenvalue weighted by atomic mass is 10.1. The molecule has 1 aromatic heterocycles. The summed E-state index contributed by atoms with van der Waals surface area (Å²) in [6.07, 6.45) is 1.04. The molecule has 0 atom stereocenters. The fourth-order valence-electron chi connectivity index (χ4n) is 2.01. The first-order chi connectivity index (χ1) is 9.92. The molecule has 1 heterocycles. The molecule has 2 N–H and O–H groups in total. The molecule has 0 radical (unpaired) electrons. The van der Waals surface area contributed by atoms with Crippen LogP contribution in [0.5, 0.6) is 5.88 Å². The number of nitrogens with one attached hydrogen (secondary N) is 2. The molecule has 0 fully saturated rings. The zero-order valence-electron chi connectivity index (χ0n) is 13.4. The van der Waals surface area contributed by atoms with E-state index in [0.717, 1.165) is 24.2 Å². The minimum absolute atomic E-state index is 0.176. The Labute approximate surface area is 126 Å². The van der Waals surface area contributed by atoms with Gasteiger partial charge in [-0.15, -0.1) is 5.10 Å². The van der Waals surface area contributed by atoms with E-state index in [1.54, 1.807) is 0 Å². The number of hydrogen-bond acceptors (Lipinski definition) is 3. The predicted octanol–water partition coefficient (Wildman–Crippen LogP) is 3.23. The maximum atomic E-state index is 5.62. The molecule has 114 valence electrons. The summed E-state index contributed by atoms with van der Waals surface area (Å²) in [5, 5.41) is 10.4. The number of benzene rings is 1. The van der Waals surface area contributed by atoms with Crippen LogP contribution in [-0.4, -0.2) is 22.3 Å². The van der Waals surface area contributed by atoms with E-state index in [4.69, 9.17) is 4.74 Å². The van der Waals surface area contributed by atoms with Gasteiger partial charge in [-0.25, -0.2) is 0 Å². The Kier molecular flexibility index (Phi) is 5.02. The van der Waals surface area contributed by atoms with Crippen molar-refractivity contribution in [1.29, 1.82) is 0 Å². The van der Waals surface area contributed by atoms with Gasteiger partial charge in [-0.05, 0) is 51.8 Å². The molecule has 2 aromatic rings. The molecule has 4 heteroatoms. The van der Waals surface area contributed by atoms with Crippen molar-refractivity contribution in [2.75, 3.05) is 6.54 Å². The Hall–Kier alpha value is -1.81. The van der Waals surface area contributed by atoms with Crippen molar-refractivity contribution in [2.45, 2.75) is 46.3 Å². The number of ether oxygens (including phenoxy) is 1. The van der Waals surface area contributed by atoms with Crippen molar-refractivity contribution in [2.24, 2.45) is 0 Å². The largest absolute Gasteiger partial charge is 0.472 e. The van der Waals surface area contributed by atoms with Gasteiger partial charge in [-0.1, -0.05) is 24.3 Å². The van der Waals surface area contributed by atoms with Gasteiger partial charge < -0.3 is 10.1 Å². The van der Waals surface area contributed by atoms with E-state index in [2.05, 4.69) is 60.6 Å². The SMILES string of the molecule is Cc1cc(OCc2ccc(CCNC(C)(C)C)cc2)n[nH]1. The average Bonchev–Trinajstić information content (AvgIpc) is 2.82. The van der Waals surface area contributed by atoms with Crippen LogP contribution in [0.4, 0.5) is 0 Å². The molecule has 0 aliphatic carbocycles. The first-order valence-corrected chi connectivity index (χ1v) is 7.40. The van der Waals surface area contributed by atoms with Gasteiger partial charge >= 0.3 is 0 Å². The molecule has 4 nitrogen and oxygen atoms in total. The van der Waals surface area contributed by atoms with Gasteiger partial charge in [0.2, 0.25) is 5.88 Å². The number of hydrogen-bond donors (Lipinski definition) is 2. The molecule has 1 aromatic carbocycles. The minimum Gasteiger partial charge on any atom is -0.472 e. The maximum absolute atomic E-state index is 5.62. The average molecular weight is 287 g/mol. The molecule has 21 heavy (non-hydrogen) atoms. The highest BCUT2D eigenvalue weighted by Gasteiger charge is 2.07. The zero-order chi connectivity index (χ0) is 15.3. The summed E-state index contributed by atoms with van der Waals surface area (Å²) < 4.78 is 5.62. The Morgan fingerprint density at radius 2 is 1.81 bits per heavy atom. The lowest BCUT2D eigenvalue weighted by molar-refractivity contribution is 0.293. The summed E-state index contributed by atoms with van der Waals surface area (Å²) in [5.41, 5.74) is 3.68. The van der Waals surface area contributed by atoms with Crippen LogP contribution in [0.15, 0.2) is 30.3 Å². The normalized spacial score (nSPS) is 11.6. The molecule has 0 spiro atoms. The number of aromatic nitrogens is 2. The van der Waals surface area contributed by atoms with Crippen molar-refractivity contribution in [3.63, 3.8) is 0 Å². The van der Waals surface area contributed by atoms with Crippen LogP contribution in [0.3, 0.4) is 0 Å². The second-order valence-corrected chi connectivity index (χ2v) is 6.42. The van der Waals surface area contributed by atoms with Gasteiger partial charge in [-0.2, -0.15) is 0 Å². The molecule has 2 rings (SSSR count). The summed E-state index contributed by atoms with van der Waals surface area (Å²) >= 11 is 0. The van der Waals surface area contributed by atoms with Gasteiger partial charge in [0.1, 0.15) is 6.61 Å². The molecule has 0 aliphatic rings. The number of rotatable bonds is 6. The molecule has 0 saturated carbocycles. The van der Waals surface area contributed by atoms with Gasteiger partial charge in [0.15, 0.2) is 0 Å². The van der Waals surface area contributed by atoms with Crippen molar-refractivity contribution in [1.82, 2.24) is 15.5 Å². The monoisotopic (exact) mass is 287 g/mol. The summed E-state index contributed by atoms with van der Waals surface area (Å²) in [6.45, 7) is 10.1. The number of nitrogens with zero attached hydrogens (tertiary/aromatic N) is 1. The maximum Gasteiger partial charge on any atom is 0.233 e. The lowest BCUT2D eigenvalue weighted by Crippen LogP contribution is -2.37. The predicted molar refractivity (Wildman–Crippen MR) is 85.6 cm³/mol. The standard InChI is InChI=1S/C17H25N3O/c1-13-11-16(20-19-13)21-12-15-7-5-14(6-8-15)9-10-18-17(2,3)4/h5-8,11,18H,9-10,12H2,1-4H3,(H,19,20). The van der Waals surface area contributed by atoms with Crippen molar-refractivity contribution < 1.29 is 4.74 Å². The van der Waals surface area contributed by atoms with Gasteiger partial charge in [0.25, 0.3) is 0 Å². The fraction of sp³-hybridized carbons (Fsp3) is 0.471. The second kappa shape index (κ2) is 6.76. The van der Waals surface area contributed by atoms with E-state index < -0.39 is 0 Å². The Balaban J connectivity index is 1.79. The van der Waals surface area contributed by atoms with E-state index in [1.165, 1.54) is 5.56 Å². The molecule has 0 aliphatic heterocycles. The molecule has 0 unspecified atom stereocenters. The number of aryl methyl sites for hydroxylation is 1. The first-order valence-electron chi connectivity index (χ1n) is 7.40. The van der Waals surface area contributed by atoms with Gasteiger partial charge in [0, 0.05) is 17.3 Å². The highest BCUT2D eigenvalue weighted by molar-refractivity contribution is 5.23. The summed E-state index contributed by atoms with van der Waals surface area (Å²) in [5.74, 6) is 0.644. The highest BCUT2D eigenvalue weighted by atomic mass is 16.5. The van der Waals surface area contributed by atoms with Crippen LogP contribution in [0.1, 0.15) is 37.6 Å². The second-order valence-electron chi connectivity index (χ2n) is 6.42. The first kappa shape index (κ1) is 15.6. The zero-order valence-corrected chi connectivity index (χ0v) is 13.4. The lowest BCUT2D eigenvalue weighted by Gasteiger charge is -2.20. The third kappa shape index (κ3) is 5.60. The van der Waals surface area contributed by atoms with Crippen LogP contribution in [0, 0.1) is 6.92 Å². The summed E-state index contributed by atoms with van der Waals surface area (Å²) in [4.78, 5) is 0. The van der Waals surface area contributed by atoms with Crippen LogP contribution in [-0.2, 0) is 13.0 Å². The van der Waals surface area contributed by atoms with Crippen LogP contribution >= 0.6 is 0 Å². The number of H-pyrrole nitrogens is 1. The Morgan fingerprint density at radius 3 is 2.38 bits per heavy atom. The smallest absolute Gasteiger partial charge is 0.233 e. The minimum atomic E-state index is 0.176. The third-order valence-corrected chi connectivity index (χ3v) is 3.16. The van der Waals surface area contributed by atoms with E-state index in [1.807, 2.05) is 13.0 Å². The van der Waals surface area contributed by atoms with Crippen LogP contribution < -0.4 is 10.1 Å². The Morgan fingerprint density at radius 1 is 1.14 bits per heavy atom. The van der Waals surface area contributed by atoms with E-state index in [-0.39, 0.29) is 5.54 Å². The Bertz CT molecular complexity index is 552. The van der Waals surface area contributed by atoms with Crippen molar-refractivity contribution in [3.8, 4) is 5.88 Å². The molecule has 0 bridgehead atoms. The summed E-state index contributed by atoms with van der Waals surface area (Å²) in [7, 11) is 0. The van der Waals surface area contributed by atoms with Crippen molar-refractivity contribution >= 4 is 0 Å². The topological polar surface area (TPSA) is 49.9 Å².